The predicted molar refractivity (Wildman–Crippen MR) is 157 cm³/mol. The normalized spacial score (nSPS) is 16.6. The van der Waals surface area contributed by atoms with Gasteiger partial charge in [0.25, 0.3) is 0 Å². The number of benzene rings is 2. The van der Waals surface area contributed by atoms with Gasteiger partial charge in [-0.15, -0.1) is 0 Å². The van der Waals surface area contributed by atoms with E-state index in [1.54, 1.807) is 0 Å². The van der Waals surface area contributed by atoms with Crippen LogP contribution in [0.15, 0.2) is 48.5 Å². The Balaban J connectivity index is 1.55. The number of hydrogen-bond acceptors (Lipinski definition) is 4. The van der Waals surface area contributed by atoms with Gasteiger partial charge >= 0.3 is 0 Å². The van der Waals surface area contributed by atoms with E-state index in [-0.39, 0.29) is 0 Å². The molecule has 3 rings (SSSR count). The van der Waals surface area contributed by atoms with Gasteiger partial charge in [-0.25, -0.2) is 0 Å². The van der Waals surface area contributed by atoms with Crippen LogP contribution >= 0.6 is 0 Å². The molecule has 1 heterocycles. The van der Waals surface area contributed by atoms with Crippen molar-refractivity contribution in [1.82, 2.24) is 0 Å². The van der Waals surface area contributed by atoms with Crippen molar-refractivity contribution in [1.29, 1.82) is 0 Å². The highest BCUT2D eigenvalue weighted by Gasteiger charge is 2.27. The summed E-state index contributed by atoms with van der Waals surface area (Å²) in [7, 11) is 0. The standard InChI is InChI=1S/C34H52O4/c1-2-3-4-5-6-7-8-9-10-11-16-23-34(35)24-21-30-17-12-14-19-32(30)37-28-26-36-27-29-38-33-20-15-13-18-31(33)22-25-34/h12-15,17-20,35H,2-11,16,21-29H2,1H3. The zero-order chi connectivity index (χ0) is 26.7. The first-order chi connectivity index (χ1) is 18.7. The number of aryl methyl sites for hydroxylation is 2. The summed E-state index contributed by atoms with van der Waals surface area (Å²) in [6.45, 7) is 4.36. The fourth-order valence-corrected chi connectivity index (χ4v) is 5.45. The second-order valence-corrected chi connectivity index (χ2v) is 11.0. The summed E-state index contributed by atoms with van der Waals surface area (Å²) in [5.74, 6) is 1.81. The largest absolute Gasteiger partial charge is 0.491 e. The van der Waals surface area contributed by atoms with Gasteiger partial charge in [-0.2, -0.15) is 0 Å². The third-order valence-electron chi connectivity index (χ3n) is 7.88. The summed E-state index contributed by atoms with van der Waals surface area (Å²) in [5, 5.41) is 11.9. The number of aliphatic hydroxyl groups is 1. The van der Waals surface area contributed by atoms with Crippen molar-refractivity contribution in [2.45, 2.75) is 115 Å². The molecule has 0 bridgehead atoms. The minimum atomic E-state index is -0.695. The molecule has 0 saturated carbocycles. The van der Waals surface area contributed by atoms with E-state index in [0.29, 0.717) is 26.4 Å². The Kier molecular flexibility index (Phi) is 14.7. The van der Waals surface area contributed by atoms with Crippen molar-refractivity contribution < 1.29 is 19.3 Å². The summed E-state index contributed by atoms with van der Waals surface area (Å²) in [5.41, 5.74) is 1.64. The maximum Gasteiger partial charge on any atom is 0.122 e. The molecule has 38 heavy (non-hydrogen) atoms. The Hall–Kier alpha value is -2.04. The molecule has 0 unspecified atom stereocenters. The van der Waals surface area contributed by atoms with Crippen LogP contribution in [0.2, 0.25) is 0 Å². The van der Waals surface area contributed by atoms with Crippen molar-refractivity contribution in [3.8, 4) is 11.5 Å². The minimum absolute atomic E-state index is 0.511. The van der Waals surface area contributed by atoms with E-state index in [1.807, 2.05) is 24.3 Å². The molecule has 4 nitrogen and oxygen atoms in total. The zero-order valence-corrected chi connectivity index (χ0v) is 23.9. The third kappa shape index (κ3) is 11.8. The van der Waals surface area contributed by atoms with Gasteiger partial charge in [0.2, 0.25) is 0 Å². The Labute approximate surface area is 232 Å². The van der Waals surface area contributed by atoms with Crippen LogP contribution in [0.4, 0.5) is 0 Å². The number of hydrogen-bond donors (Lipinski definition) is 1. The molecule has 0 spiro atoms. The predicted octanol–water partition coefficient (Wildman–Crippen LogP) is 8.47. The molecule has 2 aromatic rings. The van der Waals surface area contributed by atoms with Crippen LogP contribution in [0.3, 0.4) is 0 Å². The first kappa shape index (κ1) is 30.5. The quantitative estimate of drug-likeness (QED) is 0.283. The molecule has 0 aromatic heterocycles. The Bertz CT molecular complexity index is 825. The summed E-state index contributed by atoms with van der Waals surface area (Å²) in [6, 6.07) is 16.5. The average Bonchev–Trinajstić information content (AvgIpc) is 2.94. The van der Waals surface area contributed by atoms with E-state index in [1.165, 1.54) is 75.3 Å². The summed E-state index contributed by atoms with van der Waals surface area (Å²) >= 11 is 0. The van der Waals surface area contributed by atoms with Gasteiger partial charge in [-0.05, 0) is 55.4 Å². The molecule has 212 valence electrons. The monoisotopic (exact) mass is 524 g/mol. The van der Waals surface area contributed by atoms with Crippen molar-refractivity contribution in [3.63, 3.8) is 0 Å². The Morgan fingerprint density at radius 1 is 0.605 bits per heavy atom. The summed E-state index contributed by atoms with van der Waals surface area (Å²) in [6.07, 6.45) is 18.5. The molecule has 0 fully saturated rings. The van der Waals surface area contributed by atoms with Crippen LogP contribution in [-0.4, -0.2) is 37.1 Å². The highest BCUT2D eigenvalue weighted by Crippen LogP contribution is 2.31. The molecule has 1 aliphatic rings. The number of fused-ring (bicyclic) bond motifs is 2. The molecule has 0 aliphatic carbocycles. The maximum absolute atomic E-state index is 11.9. The van der Waals surface area contributed by atoms with Gasteiger partial charge in [-0.3, -0.25) is 0 Å². The number of ether oxygens (including phenoxy) is 3. The van der Waals surface area contributed by atoms with Gasteiger partial charge in [0.05, 0.1) is 18.8 Å². The third-order valence-corrected chi connectivity index (χ3v) is 7.88. The molecule has 0 radical (unpaired) electrons. The summed E-state index contributed by atoms with van der Waals surface area (Å²) < 4.78 is 17.8. The smallest absolute Gasteiger partial charge is 0.122 e. The second kappa shape index (κ2) is 18.3. The minimum Gasteiger partial charge on any atom is -0.491 e. The van der Waals surface area contributed by atoms with E-state index in [4.69, 9.17) is 14.2 Å². The van der Waals surface area contributed by atoms with Gasteiger partial charge in [0, 0.05) is 0 Å². The van der Waals surface area contributed by atoms with Crippen molar-refractivity contribution in [3.05, 3.63) is 59.7 Å². The van der Waals surface area contributed by atoms with E-state index in [0.717, 1.165) is 50.0 Å². The molecular formula is C34H52O4. The molecule has 0 saturated heterocycles. The second-order valence-electron chi connectivity index (χ2n) is 11.0. The lowest BCUT2D eigenvalue weighted by Gasteiger charge is -2.29. The summed E-state index contributed by atoms with van der Waals surface area (Å²) in [4.78, 5) is 0. The van der Waals surface area contributed by atoms with Gasteiger partial charge in [-0.1, -0.05) is 114 Å². The van der Waals surface area contributed by atoms with E-state index in [2.05, 4.69) is 31.2 Å². The Morgan fingerprint density at radius 3 is 1.55 bits per heavy atom. The van der Waals surface area contributed by atoms with E-state index in [9.17, 15) is 5.11 Å². The van der Waals surface area contributed by atoms with Crippen LogP contribution in [-0.2, 0) is 17.6 Å². The first-order valence-electron chi connectivity index (χ1n) is 15.4. The zero-order valence-electron chi connectivity index (χ0n) is 23.9. The molecule has 0 atom stereocenters. The fraction of sp³-hybridized carbons (Fsp3) is 0.647. The number of rotatable bonds is 12. The highest BCUT2D eigenvalue weighted by atomic mass is 16.5. The molecular weight excluding hydrogens is 472 g/mol. The topological polar surface area (TPSA) is 47.9 Å². The lowest BCUT2D eigenvalue weighted by atomic mass is 9.84. The fourth-order valence-electron chi connectivity index (χ4n) is 5.45. The molecule has 2 aromatic carbocycles. The highest BCUT2D eigenvalue weighted by molar-refractivity contribution is 5.34. The first-order valence-corrected chi connectivity index (χ1v) is 15.4. The van der Waals surface area contributed by atoms with Gasteiger partial charge in [0.15, 0.2) is 0 Å². The van der Waals surface area contributed by atoms with Crippen molar-refractivity contribution in [2.75, 3.05) is 26.4 Å². The van der Waals surface area contributed by atoms with Crippen molar-refractivity contribution in [2.24, 2.45) is 0 Å². The molecule has 1 aliphatic heterocycles. The van der Waals surface area contributed by atoms with E-state index < -0.39 is 5.60 Å². The lowest BCUT2D eigenvalue weighted by Crippen LogP contribution is -2.30. The Morgan fingerprint density at radius 2 is 1.05 bits per heavy atom. The SMILES string of the molecule is CCCCCCCCCCCCCC1(O)CCc2ccccc2OCCOCCOc2ccccc2CC1. The van der Waals surface area contributed by atoms with E-state index >= 15 is 0 Å². The van der Waals surface area contributed by atoms with Crippen LogP contribution in [0.1, 0.15) is 108 Å². The average molecular weight is 525 g/mol. The van der Waals surface area contributed by atoms with Gasteiger partial charge in [0.1, 0.15) is 24.7 Å². The van der Waals surface area contributed by atoms with Crippen LogP contribution < -0.4 is 9.47 Å². The van der Waals surface area contributed by atoms with Crippen LogP contribution in [0.5, 0.6) is 11.5 Å². The molecule has 0 amide bonds. The van der Waals surface area contributed by atoms with Gasteiger partial charge < -0.3 is 19.3 Å². The maximum atomic E-state index is 11.9. The number of unbranched alkanes of at least 4 members (excludes halogenated alkanes) is 10. The molecule has 1 N–H and O–H groups in total. The van der Waals surface area contributed by atoms with Crippen molar-refractivity contribution >= 4 is 0 Å². The van der Waals surface area contributed by atoms with Crippen LogP contribution in [0, 0.1) is 0 Å². The lowest BCUT2D eigenvalue weighted by molar-refractivity contribution is 0.0118. The van der Waals surface area contributed by atoms with Crippen LogP contribution in [0.25, 0.3) is 0 Å². The number of para-hydroxylation sites is 2. The molecule has 4 heteroatoms.